The largest absolute Gasteiger partial charge is 0.320 e. The van der Waals surface area contributed by atoms with Gasteiger partial charge in [-0.15, -0.1) is 0 Å². The van der Waals surface area contributed by atoms with Crippen LogP contribution in [0.2, 0.25) is 0 Å². The fraction of sp³-hybridized carbons (Fsp3) is 0.444. The molecule has 0 bridgehead atoms. The van der Waals surface area contributed by atoms with Gasteiger partial charge < -0.3 is 5.32 Å². The monoisotopic (exact) mass is 315 g/mol. The van der Waals surface area contributed by atoms with Gasteiger partial charge in [-0.2, -0.15) is 0 Å². The topological polar surface area (TPSA) is 77.8 Å². The first-order valence-electron chi connectivity index (χ1n) is 8.31. The van der Waals surface area contributed by atoms with Crippen molar-refractivity contribution in [3.8, 4) is 0 Å². The van der Waals surface area contributed by atoms with E-state index in [0.29, 0.717) is 5.92 Å². The molecule has 0 radical (unpaired) electrons. The number of rotatable bonds is 8. The lowest BCUT2D eigenvalue weighted by molar-refractivity contribution is 0.102. The van der Waals surface area contributed by atoms with Crippen LogP contribution in [0.25, 0.3) is 0 Å². The van der Waals surface area contributed by atoms with Crippen LogP contribution < -0.4 is 10.9 Å². The number of unbranched alkanes of at least 4 members (excludes halogenated alkanes) is 1. The molecule has 5 nitrogen and oxygen atoms in total. The number of carbonyl (C=O) groups is 1. The zero-order valence-corrected chi connectivity index (χ0v) is 13.8. The number of hydrogen-bond acceptors (Lipinski definition) is 2. The van der Waals surface area contributed by atoms with Gasteiger partial charge in [-0.25, -0.2) is 0 Å². The second-order valence-electron chi connectivity index (χ2n) is 5.90. The molecular weight excluding hydrogens is 290 g/mol. The van der Waals surface area contributed by atoms with Crippen LogP contribution in [0.4, 0.5) is 5.69 Å². The zero-order valence-electron chi connectivity index (χ0n) is 13.8. The summed E-state index contributed by atoms with van der Waals surface area (Å²) >= 11 is 0. The van der Waals surface area contributed by atoms with E-state index >= 15 is 0 Å². The van der Waals surface area contributed by atoms with E-state index < -0.39 is 0 Å². The van der Waals surface area contributed by atoms with Crippen LogP contribution in [-0.2, 0) is 6.42 Å². The summed E-state index contributed by atoms with van der Waals surface area (Å²) in [5, 5.41) is 7.84. The number of H-pyrrole nitrogens is 2. The first-order valence-corrected chi connectivity index (χ1v) is 8.31. The molecule has 1 aromatic heterocycles. The van der Waals surface area contributed by atoms with Crippen molar-refractivity contribution in [2.45, 2.75) is 46.0 Å². The number of aromatic nitrogens is 2. The number of anilines is 1. The molecule has 0 fully saturated rings. The molecule has 1 aromatic carbocycles. The average molecular weight is 315 g/mol. The highest BCUT2D eigenvalue weighted by atomic mass is 16.2. The highest BCUT2D eigenvalue weighted by Gasteiger charge is 2.13. The lowest BCUT2D eigenvalue weighted by Crippen LogP contribution is -2.15. The number of carbonyl (C=O) groups excluding carboxylic acids is 1. The first-order chi connectivity index (χ1) is 11.1. The summed E-state index contributed by atoms with van der Waals surface area (Å²) in [6, 6.07) is 9.13. The third-order valence-electron chi connectivity index (χ3n) is 4.16. The van der Waals surface area contributed by atoms with Crippen molar-refractivity contribution in [3.63, 3.8) is 0 Å². The fourth-order valence-corrected chi connectivity index (χ4v) is 2.72. The SMILES string of the molecule is CCCCC(CC)Cc1ccccc1NC(=O)c1cc(=O)[nH][nH]1. The maximum Gasteiger partial charge on any atom is 0.273 e. The minimum absolute atomic E-state index is 0.239. The summed E-state index contributed by atoms with van der Waals surface area (Å²) in [4.78, 5) is 23.3. The Morgan fingerprint density at radius 2 is 2.00 bits per heavy atom. The highest BCUT2D eigenvalue weighted by molar-refractivity contribution is 6.03. The average Bonchev–Trinajstić information content (AvgIpc) is 2.99. The van der Waals surface area contributed by atoms with Gasteiger partial charge in [0.2, 0.25) is 0 Å². The van der Waals surface area contributed by atoms with Crippen molar-refractivity contribution in [1.29, 1.82) is 0 Å². The number of benzene rings is 1. The summed E-state index contributed by atoms with van der Waals surface area (Å²) in [5.41, 5.74) is 1.88. The normalized spacial score (nSPS) is 12.1. The second kappa shape index (κ2) is 8.36. The lowest BCUT2D eigenvalue weighted by atomic mass is 9.91. The van der Waals surface area contributed by atoms with Crippen LogP contribution in [0.1, 0.15) is 55.6 Å². The third kappa shape index (κ3) is 4.84. The Balaban J connectivity index is 2.10. The molecule has 0 saturated carbocycles. The van der Waals surface area contributed by atoms with Crippen molar-refractivity contribution in [2.24, 2.45) is 5.92 Å². The molecular formula is C18H25N3O2. The minimum Gasteiger partial charge on any atom is -0.320 e. The number of amides is 1. The molecule has 23 heavy (non-hydrogen) atoms. The number of nitrogens with one attached hydrogen (secondary N) is 3. The van der Waals surface area contributed by atoms with Gasteiger partial charge in [-0.1, -0.05) is 57.7 Å². The maximum absolute atomic E-state index is 12.2. The lowest BCUT2D eigenvalue weighted by Gasteiger charge is -2.17. The molecule has 0 spiro atoms. The smallest absolute Gasteiger partial charge is 0.273 e. The molecule has 5 heteroatoms. The minimum atomic E-state index is -0.311. The molecule has 1 atom stereocenters. The van der Waals surface area contributed by atoms with E-state index in [2.05, 4.69) is 35.4 Å². The maximum atomic E-state index is 12.2. The molecule has 0 aliphatic carbocycles. The summed E-state index contributed by atoms with van der Waals surface area (Å²) in [7, 11) is 0. The van der Waals surface area contributed by atoms with Crippen LogP contribution in [0.15, 0.2) is 35.1 Å². The van der Waals surface area contributed by atoms with Crippen molar-refractivity contribution < 1.29 is 4.79 Å². The van der Waals surface area contributed by atoms with E-state index in [0.717, 1.165) is 24.1 Å². The van der Waals surface area contributed by atoms with Gasteiger partial charge in [0.1, 0.15) is 5.69 Å². The van der Waals surface area contributed by atoms with Gasteiger partial charge in [0.25, 0.3) is 11.5 Å². The Hall–Kier alpha value is -2.30. The predicted molar refractivity (Wildman–Crippen MR) is 92.8 cm³/mol. The Morgan fingerprint density at radius 3 is 2.65 bits per heavy atom. The van der Waals surface area contributed by atoms with Gasteiger partial charge in [-0.05, 0) is 24.0 Å². The van der Waals surface area contributed by atoms with Crippen molar-refractivity contribution in [3.05, 3.63) is 51.9 Å². The molecule has 1 heterocycles. The van der Waals surface area contributed by atoms with Crippen LogP contribution in [0.3, 0.4) is 0 Å². The predicted octanol–water partition coefficient (Wildman–Crippen LogP) is 3.71. The Kier molecular flexibility index (Phi) is 6.20. The van der Waals surface area contributed by atoms with Crippen LogP contribution in [-0.4, -0.2) is 16.1 Å². The summed E-state index contributed by atoms with van der Waals surface area (Å²) in [6.45, 7) is 4.42. The van der Waals surface area contributed by atoms with E-state index in [1.54, 1.807) is 0 Å². The highest BCUT2D eigenvalue weighted by Crippen LogP contribution is 2.24. The van der Waals surface area contributed by atoms with E-state index in [1.165, 1.54) is 25.3 Å². The second-order valence-corrected chi connectivity index (χ2v) is 5.90. The zero-order chi connectivity index (χ0) is 16.7. The Bertz CT molecular complexity index is 687. The molecule has 0 aliphatic heterocycles. The van der Waals surface area contributed by atoms with Crippen LogP contribution in [0.5, 0.6) is 0 Å². The quantitative estimate of drug-likeness (QED) is 0.694. The number of hydrogen-bond donors (Lipinski definition) is 3. The third-order valence-corrected chi connectivity index (χ3v) is 4.16. The molecule has 124 valence electrons. The van der Waals surface area contributed by atoms with Crippen molar-refractivity contribution in [1.82, 2.24) is 10.2 Å². The van der Waals surface area contributed by atoms with Crippen LogP contribution >= 0.6 is 0 Å². The fourth-order valence-electron chi connectivity index (χ4n) is 2.72. The molecule has 1 amide bonds. The van der Waals surface area contributed by atoms with Crippen molar-refractivity contribution >= 4 is 11.6 Å². The molecule has 0 saturated heterocycles. The summed E-state index contributed by atoms with van der Waals surface area (Å²) in [6.07, 6.45) is 5.73. The molecule has 2 aromatic rings. The van der Waals surface area contributed by atoms with Crippen LogP contribution in [0, 0.1) is 5.92 Å². The van der Waals surface area contributed by atoms with Crippen molar-refractivity contribution in [2.75, 3.05) is 5.32 Å². The summed E-state index contributed by atoms with van der Waals surface area (Å²) in [5.74, 6) is 0.317. The van der Waals surface area contributed by atoms with Gasteiger partial charge >= 0.3 is 0 Å². The summed E-state index contributed by atoms with van der Waals surface area (Å²) < 4.78 is 0. The molecule has 3 N–H and O–H groups in total. The number of aromatic amines is 2. The standard InChI is InChI=1S/C18H25N3O2/c1-3-5-8-13(4-2)11-14-9-6-7-10-15(14)19-18(23)16-12-17(22)21-20-16/h6-7,9-10,12-13H,3-5,8,11H2,1-2H3,(H,19,23)(H2,20,21,22). The Morgan fingerprint density at radius 1 is 1.22 bits per heavy atom. The van der Waals surface area contributed by atoms with E-state index in [-0.39, 0.29) is 17.2 Å². The van der Waals surface area contributed by atoms with Gasteiger partial charge in [0.15, 0.2) is 0 Å². The molecule has 1 unspecified atom stereocenters. The first kappa shape index (κ1) is 17.1. The number of para-hydroxylation sites is 1. The Labute approximate surface area is 136 Å². The van der Waals surface area contributed by atoms with Gasteiger partial charge in [0, 0.05) is 11.8 Å². The molecule has 2 rings (SSSR count). The van der Waals surface area contributed by atoms with E-state index in [9.17, 15) is 9.59 Å². The van der Waals surface area contributed by atoms with Gasteiger partial charge in [-0.3, -0.25) is 19.8 Å². The molecule has 0 aliphatic rings. The van der Waals surface area contributed by atoms with E-state index in [4.69, 9.17) is 0 Å². The van der Waals surface area contributed by atoms with E-state index in [1.807, 2.05) is 18.2 Å². The van der Waals surface area contributed by atoms with Gasteiger partial charge in [0.05, 0.1) is 0 Å².